The van der Waals surface area contributed by atoms with Gasteiger partial charge in [0, 0.05) is 23.0 Å². The van der Waals surface area contributed by atoms with Gasteiger partial charge in [0.2, 0.25) is 0 Å². The van der Waals surface area contributed by atoms with E-state index in [4.69, 9.17) is 27.4 Å². The van der Waals surface area contributed by atoms with Gasteiger partial charge < -0.3 is 4.18 Å². The van der Waals surface area contributed by atoms with E-state index in [1.807, 2.05) is 55.5 Å². The third kappa shape index (κ3) is 5.49. The topological polar surface area (TPSA) is 118 Å². The van der Waals surface area contributed by atoms with Crippen LogP contribution in [0.2, 0.25) is 10.0 Å². The Morgan fingerprint density at radius 2 is 1.19 bits per heavy atom. The molecule has 2 atom stereocenters. The molecule has 3 amide bonds. The highest BCUT2D eigenvalue weighted by molar-refractivity contribution is 7.87. The smallest absolute Gasteiger partial charge is 0.339 e. The van der Waals surface area contributed by atoms with Crippen LogP contribution in [-0.4, -0.2) is 48.5 Å². The quantitative estimate of drug-likeness (QED) is 0.0935. The molecule has 0 unspecified atom stereocenters. The molecule has 9 nitrogen and oxygen atoms in total. The predicted octanol–water partition coefficient (Wildman–Crippen LogP) is 7.20. The number of aryl methyl sites for hydroxylation is 1. The first-order valence-electron chi connectivity index (χ1n) is 16.4. The van der Waals surface area contributed by atoms with Crippen molar-refractivity contribution >= 4 is 56.8 Å². The Balaban J connectivity index is 1.13. The van der Waals surface area contributed by atoms with Gasteiger partial charge in [-0.15, -0.1) is 0 Å². The minimum Gasteiger partial charge on any atom is -0.379 e. The summed E-state index contributed by atoms with van der Waals surface area (Å²) in [5.41, 5.74) is 4.81. The fraction of sp³-hybridized carbons (Fsp3) is 0.150. The van der Waals surface area contributed by atoms with Gasteiger partial charge in [0.15, 0.2) is 5.78 Å². The number of benzene rings is 5. The lowest BCUT2D eigenvalue weighted by molar-refractivity contribution is -0.154. The molecular weight excluding hydrogens is 723 g/mol. The van der Waals surface area contributed by atoms with Crippen molar-refractivity contribution in [3.63, 3.8) is 0 Å². The largest absolute Gasteiger partial charge is 0.379 e. The number of rotatable bonds is 8. The maximum absolute atomic E-state index is 14.6. The summed E-state index contributed by atoms with van der Waals surface area (Å²) >= 11 is 12.4. The molecule has 1 saturated heterocycles. The molecule has 1 fully saturated rings. The van der Waals surface area contributed by atoms with E-state index in [0.29, 0.717) is 0 Å². The zero-order valence-corrected chi connectivity index (χ0v) is 29.7. The molecule has 9 rings (SSSR count). The zero-order chi connectivity index (χ0) is 36.5. The van der Waals surface area contributed by atoms with Crippen molar-refractivity contribution in [3.05, 3.63) is 164 Å². The van der Waals surface area contributed by atoms with Crippen molar-refractivity contribution in [2.75, 3.05) is 6.54 Å². The Hall–Kier alpha value is -5.29. The summed E-state index contributed by atoms with van der Waals surface area (Å²) in [7, 11) is -4.15. The highest BCUT2D eigenvalue weighted by Crippen LogP contribution is 2.61. The molecule has 0 radical (unpaired) electrons. The van der Waals surface area contributed by atoms with Crippen LogP contribution in [0.25, 0.3) is 0 Å². The van der Waals surface area contributed by atoms with Crippen LogP contribution < -0.4 is 4.18 Å². The number of imide groups is 1. The van der Waals surface area contributed by atoms with E-state index in [1.165, 1.54) is 54.6 Å². The first kappa shape index (κ1) is 33.8. The molecule has 4 aliphatic rings. The average Bonchev–Trinajstić information content (AvgIpc) is 3.41. The van der Waals surface area contributed by atoms with Crippen LogP contribution in [0.3, 0.4) is 0 Å². The number of ketones is 1. The number of amides is 3. The molecule has 0 aromatic heterocycles. The van der Waals surface area contributed by atoms with Crippen LogP contribution in [0.4, 0.5) is 0 Å². The second kappa shape index (κ2) is 12.7. The molecule has 0 saturated carbocycles. The van der Waals surface area contributed by atoms with E-state index < -0.39 is 63.8 Å². The number of hydrogen-bond acceptors (Lipinski definition) is 7. The number of hydrogen-bond donors (Lipinski definition) is 0. The summed E-state index contributed by atoms with van der Waals surface area (Å²) in [5, 5.41) is 1.98. The lowest BCUT2D eigenvalue weighted by Crippen LogP contribution is -2.52. The fourth-order valence-corrected chi connectivity index (χ4v) is 8.94. The van der Waals surface area contributed by atoms with E-state index in [-0.39, 0.29) is 31.8 Å². The summed E-state index contributed by atoms with van der Waals surface area (Å²) in [5.74, 6) is -5.08. The number of nitrogens with zero attached hydrogens (tertiary/aromatic N) is 2. The highest BCUT2D eigenvalue weighted by Gasteiger charge is 2.63. The Morgan fingerprint density at radius 3 is 1.69 bits per heavy atom. The molecule has 52 heavy (non-hydrogen) atoms. The van der Waals surface area contributed by atoms with Crippen molar-refractivity contribution in [1.82, 2.24) is 10.0 Å². The van der Waals surface area contributed by atoms with Gasteiger partial charge in [-0.2, -0.15) is 13.4 Å². The van der Waals surface area contributed by atoms with Crippen LogP contribution in [0.5, 0.6) is 5.75 Å². The van der Waals surface area contributed by atoms with Gasteiger partial charge in [-0.1, -0.05) is 89.4 Å². The second-order valence-electron chi connectivity index (χ2n) is 13.0. The SMILES string of the molecule is Cc1ccc(S(=O)(=O)Oc2ccc(C(=O)CN(C(=O)c3ccc(Cl)c(Cl)c3)N3C(=O)[C@@H]4C5c6ccccc6C(c6ccccc65)[C@@H]4C3=O)cc2)cc1. The average molecular weight is 752 g/mol. The van der Waals surface area contributed by atoms with E-state index >= 15 is 0 Å². The van der Waals surface area contributed by atoms with E-state index in [9.17, 15) is 27.6 Å². The summed E-state index contributed by atoms with van der Waals surface area (Å²) in [6.45, 7) is 1.14. The Kier molecular flexibility index (Phi) is 8.28. The summed E-state index contributed by atoms with van der Waals surface area (Å²) in [4.78, 5) is 57.3. The lowest BCUT2D eigenvalue weighted by Gasteiger charge is -2.45. The second-order valence-corrected chi connectivity index (χ2v) is 15.4. The molecule has 0 spiro atoms. The number of carbonyl (C=O) groups excluding carboxylic acids is 4. The maximum atomic E-state index is 14.6. The number of carbonyl (C=O) groups is 4. The summed E-state index contributed by atoms with van der Waals surface area (Å²) < 4.78 is 30.9. The molecule has 0 N–H and O–H groups in total. The molecule has 1 heterocycles. The first-order chi connectivity index (χ1) is 24.9. The molecule has 260 valence electrons. The Bertz CT molecular complexity index is 2320. The van der Waals surface area contributed by atoms with Crippen molar-refractivity contribution < 1.29 is 31.8 Å². The van der Waals surface area contributed by atoms with Crippen molar-refractivity contribution in [1.29, 1.82) is 0 Å². The van der Waals surface area contributed by atoms with Gasteiger partial charge in [0.05, 0.1) is 21.9 Å². The highest BCUT2D eigenvalue weighted by atomic mass is 35.5. The number of Topliss-reactive ketones (excluding diaryl/α,β-unsaturated/α-hetero) is 1. The van der Waals surface area contributed by atoms with E-state index in [1.54, 1.807) is 12.1 Å². The molecule has 3 aliphatic carbocycles. The standard InChI is InChI=1S/C40H28Cl2N2O7S/c1-22-10-17-26(18-11-22)52(49,50)51-25-15-12-23(13-16-25)33(45)21-43(38(46)24-14-19-31(41)32(42)20-24)44-39(47)36-34-27-6-2-3-7-28(27)35(37(36)40(44)48)30-9-5-4-8-29(30)34/h2-20,34-37H,21H2,1H3/t34?,35?,36-,37+. The van der Waals surface area contributed by atoms with Crippen molar-refractivity contribution in [3.8, 4) is 5.75 Å². The number of hydrazine groups is 1. The normalized spacial score (nSPS) is 19.9. The monoisotopic (exact) mass is 750 g/mol. The van der Waals surface area contributed by atoms with Gasteiger partial charge in [0.25, 0.3) is 17.7 Å². The van der Waals surface area contributed by atoms with Crippen LogP contribution >= 0.6 is 23.2 Å². The Morgan fingerprint density at radius 1 is 0.692 bits per heavy atom. The maximum Gasteiger partial charge on any atom is 0.339 e. The molecule has 1 aliphatic heterocycles. The molecule has 12 heteroatoms. The van der Waals surface area contributed by atoms with Crippen molar-refractivity contribution in [2.45, 2.75) is 23.7 Å². The van der Waals surface area contributed by atoms with Gasteiger partial charge in [-0.3, -0.25) is 19.2 Å². The van der Waals surface area contributed by atoms with E-state index in [2.05, 4.69) is 0 Å². The number of halogens is 2. The minimum absolute atomic E-state index is 0.0114. The lowest BCUT2D eigenvalue weighted by atomic mass is 9.55. The fourth-order valence-electron chi connectivity index (χ4n) is 7.71. The molecular formula is C40H28Cl2N2O7S. The Labute approximate surface area is 309 Å². The summed E-state index contributed by atoms with van der Waals surface area (Å²) in [6.07, 6.45) is 0. The molecule has 5 aromatic rings. The minimum atomic E-state index is -4.15. The van der Waals surface area contributed by atoms with Gasteiger partial charge in [0.1, 0.15) is 17.2 Å². The zero-order valence-electron chi connectivity index (χ0n) is 27.4. The van der Waals surface area contributed by atoms with Crippen LogP contribution in [0, 0.1) is 18.8 Å². The first-order valence-corrected chi connectivity index (χ1v) is 18.6. The van der Waals surface area contributed by atoms with Gasteiger partial charge >= 0.3 is 10.1 Å². The molecule has 5 aromatic carbocycles. The summed E-state index contributed by atoms with van der Waals surface area (Å²) in [6, 6.07) is 31.2. The molecule has 2 bridgehead atoms. The van der Waals surface area contributed by atoms with Crippen molar-refractivity contribution in [2.24, 2.45) is 11.8 Å². The van der Waals surface area contributed by atoms with Crippen LogP contribution in [0.1, 0.15) is 60.4 Å². The van der Waals surface area contributed by atoms with Crippen LogP contribution in [0.15, 0.2) is 120 Å². The van der Waals surface area contributed by atoms with Crippen LogP contribution in [-0.2, 0) is 19.7 Å². The third-order valence-corrected chi connectivity index (χ3v) is 12.1. The third-order valence-electron chi connectivity index (χ3n) is 10.1. The predicted molar refractivity (Wildman–Crippen MR) is 193 cm³/mol. The van der Waals surface area contributed by atoms with Gasteiger partial charge in [-0.05, 0) is 83.8 Å². The van der Waals surface area contributed by atoms with E-state index in [0.717, 1.165) is 37.8 Å². The van der Waals surface area contributed by atoms with Gasteiger partial charge in [-0.25, -0.2) is 5.01 Å².